The Morgan fingerprint density at radius 2 is 1.86 bits per heavy atom. The fourth-order valence-electron chi connectivity index (χ4n) is 1.92. The molecule has 2 aromatic rings. The number of carbonyl (C=O) groups excluding carboxylic acids is 1. The summed E-state index contributed by atoms with van der Waals surface area (Å²) in [5.41, 5.74) is 1.21. The molecule has 5 nitrogen and oxygen atoms in total. The molecule has 1 amide bonds. The van der Waals surface area contributed by atoms with Crippen molar-refractivity contribution in [2.45, 2.75) is 6.54 Å². The molecule has 0 aliphatic heterocycles. The number of aromatic carboxylic acids is 1. The lowest BCUT2D eigenvalue weighted by molar-refractivity contribution is 0.0693. The Balaban J connectivity index is 2.08. The summed E-state index contributed by atoms with van der Waals surface area (Å²) in [6, 6.07) is 11.2. The van der Waals surface area contributed by atoms with Crippen molar-refractivity contribution in [1.82, 2.24) is 5.32 Å². The number of carboxylic acid groups (broad SMARTS) is 1. The summed E-state index contributed by atoms with van der Waals surface area (Å²) in [5.74, 6) is -1.06. The Bertz CT molecular complexity index is 698. The van der Waals surface area contributed by atoms with Crippen molar-refractivity contribution in [2.75, 3.05) is 7.11 Å². The molecule has 0 spiro atoms. The van der Waals surface area contributed by atoms with Crippen molar-refractivity contribution in [1.29, 1.82) is 0 Å². The maximum Gasteiger partial charge on any atom is 0.339 e. The van der Waals surface area contributed by atoms with E-state index in [1.807, 2.05) is 0 Å². The molecule has 0 aromatic heterocycles. The third-order valence-electron chi connectivity index (χ3n) is 3.05. The molecule has 2 aromatic carbocycles. The summed E-state index contributed by atoms with van der Waals surface area (Å²) in [4.78, 5) is 23.1. The largest absolute Gasteiger partial charge is 0.496 e. The van der Waals surface area contributed by atoms with Crippen molar-refractivity contribution < 1.29 is 19.4 Å². The van der Waals surface area contributed by atoms with Gasteiger partial charge in [0.1, 0.15) is 11.3 Å². The van der Waals surface area contributed by atoms with E-state index in [4.69, 9.17) is 21.4 Å². The van der Waals surface area contributed by atoms with Gasteiger partial charge in [-0.05, 0) is 42.0 Å². The normalized spacial score (nSPS) is 10.1. The van der Waals surface area contributed by atoms with E-state index in [0.29, 0.717) is 16.1 Å². The number of halogens is 1. The van der Waals surface area contributed by atoms with Crippen LogP contribution in [0.1, 0.15) is 26.3 Å². The number of benzene rings is 2. The van der Waals surface area contributed by atoms with Gasteiger partial charge in [-0.3, -0.25) is 4.79 Å². The third kappa shape index (κ3) is 3.77. The first-order valence-electron chi connectivity index (χ1n) is 6.45. The fraction of sp³-hybridized carbons (Fsp3) is 0.125. The molecule has 0 aliphatic rings. The van der Waals surface area contributed by atoms with Gasteiger partial charge in [-0.15, -0.1) is 0 Å². The van der Waals surface area contributed by atoms with E-state index in [2.05, 4.69) is 5.32 Å². The van der Waals surface area contributed by atoms with Gasteiger partial charge >= 0.3 is 5.97 Å². The summed E-state index contributed by atoms with van der Waals surface area (Å²) >= 11 is 5.77. The number of nitrogens with one attached hydrogen (secondary N) is 1. The molecule has 114 valence electrons. The van der Waals surface area contributed by atoms with E-state index >= 15 is 0 Å². The lowest BCUT2D eigenvalue weighted by Crippen LogP contribution is -2.22. The van der Waals surface area contributed by atoms with Crippen molar-refractivity contribution in [2.24, 2.45) is 0 Å². The summed E-state index contributed by atoms with van der Waals surface area (Å²) < 4.78 is 4.99. The zero-order valence-corrected chi connectivity index (χ0v) is 12.6. The van der Waals surface area contributed by atoms with Crippen LogP contribution in [0.2, 0.25) is 5.02 Å². The molecule has 0 bridgehead atoms. The number of carbonyl (C=O) groups is 2. The maximum atomic E-state index is 12.0. The number of hydrogen-bond donors (Lipinski definition) is 2. The molecule has 2 N–H and O–H groups in total. The van der Waals surface area contributed by atoms with Gasteiger partial charge in [-0.2, -0.15) is 0 Å². The lowest BCUT2D eigenvalue weighted by atomic mass is 10.1. The summed E-state index contributed by atoms with van der Waals surface area (Å²) in [6.07, 6.45) is 0. The Hall–Kier alpha value is -2.53. The molecule has 0 unspecified atom stereocenters. The lowest BCUT2D eigenvalue weighted by Gasteiger charge is -2.09. The molecule has 0 atom stereocenters. The molecule has 0 aliphatic carbocycles. The topological polar surface area (TPSA) is 75.6 Å². The van der Waals surface area contributed by atoms with Crippen LogP contribution in [0.25, 0.3) is 0 Å². The second-order valence-corrected chi connectivity index (χ2v) is 4.97. The average molecular weight is 320 g/mol. The van der Waals surface area contributed by atoms with Crippen LogP contribution in [0.3, 0.4) is 0 Å². The molecule has 0 fully saturated rings. The van der Waals surface area contributed by atoms with E-state index in [9.17, 15) is 9.59 Å². The van der Waals surface area contributed by atoms with Crippen molar-refractivity contribution in [3.63, 3.8) is 0 Å². The first-order chi connectivity index (χ1) is 10.5. The summed E-state index contributed by atoms with van der Waals surface area (Å²) in [7, 11) is 1.41. The highest BCUT2D eigenvalue weighted by Crippen LogP contribution is 2.20. The standard InChI is InChI=1S/C16H14ClNO4/c1-22-14-7-2-10(8-13(14)16(20)21)9-18-15(19)11-3-5-12(17)6-4-11/h2-8H,9H2,1H3,(H,18,19)(H,20,21). The van der Waals surface area contributed by atoms with E-state index < -0.39 is 5.97 Å². The zero-order chi connectivity index (χ0) is 16.1. The van der Waals surface area contributed by atoms with E-state index in [1.54, 1.807) is 36.4 Å². The molecule has 0 saturated heterocycles. The van der Waals surface area contributed by atoms with Crippen molar-refractivity contribution in [3.05, 3.63) is 64.2 Å². The van der Waals surface area contributed by atoms with Crippen LogP contribution >= 0.6 is 11.6 Å². The van der Waals surface area contributed by atoms with Crippen molar-refractivity contribution >= 4 is 23.5 Å². The molecule has 22 heavy (non-hydrogen) atoms. The fourth-order valence-corrected chi connectivity index (χ4v) is 2.04. The summed E-state index contributed by atoms with van der Waals surface area (Å²) in [5, 5.41) is 12.4. The van der Waals surface area contributed by atoms with E-state index in [-0.39, 0.29) is 23.8 Å². The molecule has 0 radical (unpaired) electrons. The van der Waals surface area contributed by atoms with Gasteiger partial charge in [0, 0.05) is 17.1 Å². The van der Waals surface area contributed by atoms with Crippen LogP contribution in [0.4, 0.5) is 0 Å². The van der Waals surface area contributed by atoms with Crippen LogP contribution < -0.4 is 10.1 Å². The molecular weight excluding hydrogens is 306 g/mol. The molecular formula is C16H14ClNO4. The molecule has 0 saturated carbocycles. The number of amides is 1. The minimum Gasteiger partial charge on any atom is -0.496 e. The van der Waals surface area contributed by atoms with Crippen LogP contribution in [-0.4, -0.2) is 24.1 Å². The minimum atomic E-state index is -1.08. The Morgan fingerprint density at radius 3 is 2.45 bits per heavy atom. The van der Waals surface area contributed by atoms with Crippen LogP contribution in [0.15, 0.2) is 42.5 Å². The van der Waals surface area contributed by atoms with E-state index in [1.165, 1.54) is 13.2 Å². The third-order valence-corrected chi connectivity index (χ3v) is 3.31. The number of hydrogen-bond acceptors (Lipinski definition) is 3. The second-order valence-electron chi connectivity index (χ2n) is 4.53. The van der Waals surface area contributed by atoms with Gasteiger partial charge in [0.25, 0.3) is 5.91 Å². The SMILES string of the molecule is COc1ccc(CNC(=O)c2ccc(Cl)cc2)cc1C(=O)O. The van der Waals surface area contributed by atoms with Crippen molar-refractivity contribution in [3.8, 4) is 5.75 Å². The van der Waals surface area contributed by atoms with Crippen LogP contribution in [0.5, 0.6) is 5.75 Å². The number of methoxy groups -OCH3 is 1. The molecule has 2 rings (SSSR count). The predicted octanol–water partition coefficient (Wildman–Crippen LogP) is 2.98. The highest BCUT2D eigenvalue weighted by molar-refractivity contribution is 6.30. The first-order valence-corrected chi connectivity index (χ1v) is 6.83. The highest BCUT2D eigenvalue weighted by atomic mass is 35.5. The number of ether oxygens (including phenoxy) is 1. The number of rotatable bonds is 5. The van der Waals surface area contributed by atoms with Crippen LogP contribution in [-0.2, 0) is 6.54 Å². The smallest absolute Gasteiger partial charge is 0.339 e. The highest BCUT2D eigenvalue weighted by Gasteiger charge is 2.12. The monoisotopic (exact) mass is 319 g/mol. The molecule has 0 heterocycles. The summed E-state index contributed by atoms with van der Waals surface area (Å²) in [6.45, 7) is 0.214. The van der Waals surface area contributed by atoms with Gasteiger partial charge in [0.2, 0.25) is 0 Å². The quantitative estimate of drug-likeness (QED) is 0.888. The van der Waals surface area contributed by atoms with E-state index in [0.717, 1.165) is 0 Å². The predicted molar refractivity (Wildman–Crippen MR) is 82.6 cm³/mol. The maximum absolute atomic E-state index is 12.0. The van der Waals surface area contributed by atoms with Gasteiger partial charge in [0.05, 0.1) is 7.11 Å². The van der Waals surface area contributed by atoms with Gasteiger partial charge in [0.15, 0.2) is 0 Å². The first kappa shape index (κ1) is 15.9. The number of carboxylic acids is 1. The zero-order valence-electron chi connectivity index (χ0n) is 11.8. The van der Waals surface area contributed by atoms with Gasteiger partial charge in [-0.25, -0.2) is 4.79 Å². The average Bonchev–Trinajstić information content (AvgIpc) is 2.53. The Labute approximate surface area is 132 Å². The van der Waals surface area contributed by atoms with Crippen LogP contribution in [0, 0.1) is 0 Å². The minimum absolute atomic E-state index is 0.0562. The van der Waals surface area contributed by atoms with Gasteiger partial charge < -0.3 is 15.2 Å². The molecule has 6 heteroatoms. The second kappa shape index (κ2) is 6.95. The van der Waals surface area contributed by atoms with Gasteiger partial charge in [-0.1, -0.05) is 17.7 Å². The Kier molecular flexibility index (Phi) is 5.01. The Morgan fingerprint density at radius 1 is 1.18 bits per heavy atom.